The quantitative estimate of drug-likeness (QED) is 0.564. The van der Waals surface area contributed by atoms with Crippen molar-refractivity contribution in [2.45, 2.75) is 37.5 Å². The molecule has 6 nitrogen and oxygen atoms in total. The van der Waals surface area contributed by atoms with E-state index in [-0.39, 0.29) is 22.3 Å². The molecule has 0 aromatic heterocycles. The van der Waals surface area contributed by atoms with Crippen molar-refractivity contribution in [1.29, 1.82) is 0 Å². The summed E-state index contributed by atoms with van der Waals surface area (Å²) in [5.41, 5.74) is 1.38. The average Bonchev–Trinajstić information content (AvgIpc) is 2.44. The van der Waals surface area contributed by atoms with E-state index >= 15 is 0 Å². The molecule has 0 aliphatic heterocycles. The van der Waals surface area contributed by atoms with E-state index in [0.717, 1.165) is 0 Å². The molecule has 2 aromatic carbocycles. The van der Waals surface area contributed by atoms with Crippen molar-refractivity contribution in [1.82, 2.24) is 0 Å². The second kappa shape index (κ2) is 6.99. The number of halogens is 2. The van der Waals surface area contributed by atoms with E-state index in [1.54, 1.807) is 26.0 Å². The van der Waals surface area contributed by atoms with Crippen LogP contribution in [0.5, 0.6) is 0 Å². The fourth-order valence-corrected chi connectivity index (χ4v) is 6.34. The van der Waals surface area contributed by atoms with Crippen LogP contribution in [0.3, 0.4) is 0 Å². The molecular weight excluding hydrogens is 512 g/mol. The van der Waals surface area contributed by atoms with Gasteiger partial charge in [0.1, 0.15) is 9.79 Å². The minimum absolute atomic E-state index is 0.0360. The highest BCUT2D eigenvalue weighted by molar-refractivity contribution is 9.10. The number of hydrogen-bond acceptors (Lipinski definition) is 4. The van der Waals surface area contributed by atoms with Crippen LogP contribution in [0.2, 0.25) is 0 Å². The number of hydrogen-bond donors (Lipinski definition) is 2. The van der Waals surface area contributed by atoms with Gasteiger partial charge in [0.2, 0.25) is 0 Å². The van der Waals surface area contributed by atoms with Gasteiger partial charge < -0.3 is 0 Å². The maximum atomic E-state index is 12.1. The average molecular weight is 528 g/mol. The topological polar surface area (TPSA) is 109 Å². The van der Waals surface area contributed by atoms with Crippen LogP contribution in [0.1, 0.15) is 22.3 Å². The van der Waals surface area contributed by atoms with E-state index in [9.17, 15) is 25.9 Å². The zero-order valence-corrected chi connectivity index (χ0v) is 19.1. The van der Waals surface area contributed by atoms with Gasteiger partial charge in [-0.3, -0.25) is 9.11 Å². The van der Waals surface area contributed by atoms with Gasteiger partial charge in [0.15, 0.2) is 0 Å². The molecule has 26 heavy (non-hydrogen) atoms. The Morgan fingerprint density at radius 1 is 0.692 bits per heavy atom. The summed E-state index contributed by atoms with van der Waals surface area (Å²) in [6.45, 7) is 6.17. The Morgan fingerprint density at radius 3 is 1.19 bits per heavy atom. The van der Waals surface area contributed by atoms with Crippen LogP contribution < -0.4 is 0 Å². The summed E-state index contributed by atoms with van der Waals surface area (Å²) >= 11 is 6.50. The van der Waals surface area contributed by atoms with E-state index in [2.05, 4.69) is 31.9 Å². The van der Waals surface area contributed by atoms with Crippen molar-refractivity contribution in [2.24, 2.45) is 0 Å². The Labute approximate surface area is 169 Å². The molecule has 0 aliphatic rings. The lowest BCUT2D eigenvalue weighted by molar-refractivity contribution is 0.479. The predicted molar refractivity (Wildman–Crippen MR) is 106 cm³/mol. The fourth-order valence-electron chi connectivity index (χ4n) is 2.96. The maximum absolute atomic E-state index is 12.1. The lowest BCUT2D eigenvalue weighted by atomic mass is 9.93. The van der Waals surface area contributed by atoms with Gasteiger partial charge in [-0.15, -0.1) is 0 Å². The first-order chi connectivity index (χ1) is 11.7. The highest BCUT2D eigenvalue weighted by Gasteiger charge is 2.30. The van der Waals surface area contributed by atoms with Gasteiger partial charge in [-0.05, 0) is 62.1 Å². The minimum atomic E-state index is -4.68. The molecule has 10 heteroatoms. The summed E-state index contributed by atoms with van der Waals surface area (Å²) in [5, 5.41) is 0. The normalized spacial score (nSPS) is 12.5. The molecule has 2 rings (SSSR count). The van der Waals surface area contributed by atoms with Gasteiger partial charge in [0.05, 0.1) is 0 Å². The van der Waals surface area contributed by atoms with Gasteiger partial charge >= 0.3 is 0 Å². The maximum Gasteiger partial charge on any atom is 0.295 e. The zero-order valence-electron chi connectivity index (χ0n) is 14.3. The second-order valence-electron chi connectivity index (χ2n) is 5.96. The molecule has 2 aromatic rings. The van der Waals surface area contributed by atoms with E-state index in [0.29, 0.717) is 20.1 Å². The van der Waals surface area contributed by atoms with Crippen molar-refractivity contribution in [3.8, 4) is 11.1 Å². The first-order valence-corrected chi connectivity index (χ1v) is 11.7. The van der Waals surface area contributed by atoms with Crippen molar-refractivity contribution in [3.05, 3.63) is 43.3 Å². The molecule has 0 unspecified atom stereocenters. The third kappa shape index (κ3) is 3.76. The fraction of sp³-hybridized carbons (Fsp3) is 0.250. The summed E-state index contributed by atoms with van der Waals surface area (Å²) in [6, 6.07) is 3.26. The van der Waals surface area contributed by atoms with E-state index in [1.165, 1.54) is 13.8 Å². The van der Waals surface area contributed by atoms with E-state index in [1.807, 2.05) is 0 Å². The SMILES string of the molecule is Cc1cc(Br)c(C)c(S(=O)(=O)O)c1-c1c(C)cc(Br)c(C)c1S(=O)(=O)O. The Morgan fingerprint density at radius 2 is 0.962 bits per heavy atom. The lowest BCUT2D eigenvalue weighted by Crippen LogP contribution is -2.11. The molecule has 0 bridgehead atoms. The molecule has 0 atom stereocenters. The lowest BCUT2D eigenvalue weighted by Gasteiger charge is -2.21. The van der Waals surface area contributed by atoms with Crippen LogP contribution in [-0.4, -0.2) is 25.9 Å². The van der Waals surface area contributed by atoms with Gasteiger partial charge in [-0.2, -0.15) is 16.8 Å². The van der Waals surface area contributed by atoms with Crippen LogP contribution >= 0.6 is 31.9 Å². The highest BCUT2D eigenvalue weighted by atomic mass is 79.9. The van der Waals surface area contributed by atoms with Gasteiger partial charge in [0.25, 0.3) is 20.2 Å². The summed E-state index contributed by atoms with van der Waals surface area (Å²) < 4.78 is 68.9. The molecule has 0 radical (unpaired) electrons. The third-order valence-corrected chi connectivity index (χ3v) is 7.79. The molecule has 142 valence electrons. The van der Waals surface area contributed by atoms with Crippen LogP contribution in [0.15, 0.2) is 30.9 Å². The van der Waals surface area contributed by atoms with Gasteiger partial charge in [-0.1, -0.05) is 31.9 Å². The monoisotopic (exact) mass is 526 g/mol. The molecule has 0 amide bonds. The van der Waals surface area contributed by atoms with Crippen LogP contribution in [0.25, 0.3) is 11.1 Å². The number of aryl methyl sites for hydroxylation is 2. The predicted octanol–water partition coefficient (Wildman–Crippen LogP) is 4.61. The second-order valence-corrected chi connectivity index (χ2v) is 10.4. The smallest absolute Gasteiger partial charge is 0.282 e. The molecule has 0 spiro atoms. The molecule has 2 N–H and O–H groups in total. The van der Waals surface area contributed by atoms with Gasteiger partial charge in [-0.25, -0.2) is 0 Å². The standard InChI is InChI=1S/C16H16Br2O6S2/c1-7-5-11(17)9(3)15(25(19,20)21)13(7)14-8(2)6-12(18)10(4)16(14)26(22,23)24/h5-6H,1-4H3,(H,19,20,21)(H,22,23,24). The zero-order chi connectivity index (χ0) is 20.2. The highest BCUT2D eigenvalue weighted by Crippen LogP contribution is 2.43. The molecule has 0 heterocycles. The minimum Gasteiger partial charge on any atom is -0.282 e. The first kappa shape index (κ1) is 21.5. The van der Waals surface area contributed by atoms with Crippen molar-refractivity contribution in [2.75, 3.05) is 0 Å². The van der Waals surface area contributed by atoms with Crippen molar-refractivity contribution in [3.63, 3.8) is 0 Å². The largest absolute Gasteiger partial charge is 0.295 e. The summed E-state index contributed by atoms with van der Waals surface area (Å²) in [4.78, 5) is -0.807. The van der Waals surface area contributed by atoms with Gasteiger partial charge in [0, 0.05) is 20.1 Å². The number of rotatable bonds is 3. The Balaban J connectivity index is 3.25. The Kier molecular flexibility index (Phi) is 5.79. The van der Waals surface area contributed by atoms with Crippen LogP contribution in [0, 0.1) is 27.7 Å². The molecular formula is C16H16Br2O6S2. The first-order valence-electron chi connectivity index (χ1n) is 7.22. The van der Waals surface area contributed by atoms with Crippen molar-refractivity contribution < 1.29 is 25.9 Å². The summed E-state index contributed by atoms with van der Waals surface area (Å²) in [5.74, 6) is 0. The molecule has 0 fully saturated rings. The molecule has 0 saturated carbocycles. The Bertz CT molecular complexity index is 1040. The third-order valence-electron chi connectivity index (χ3n) is 4.09. The summed E-state index contributed by atoms with van der Waals surface area (Å²) in [7, 11) is -9.35. The Hall–Kier alpha value is -0.780. The number of benzene rings is 2. The van der Waals surface area contributed by atoms with E-state index < -0.39 is 30.0 Å². The van der Waals surface area contributed by atoms with E-state index in [4.69, 9.17) is 0 Å². The van der Waals surface area contributed by atoms with Crippen LogP contribution in [-0.2, 0) is 20.2 Å². The summed E-state index contributed by atoms with van der Waals surface area (Å²) in [6.07, 6.45) is 0. The van der Waals surface area contributed by atoms with Crippen LogP contribution in [0.4, 0.5) is 0 Å². The molecule has 0 aliphatic carbocycles. The molecule has 0 saturated heterocycles. The van der Waals surface area contributed by atoms with Crippen molar-refractivity contribution >= 4 is 52.1 Å².